The number of aryl methyl sites for hydroxylation is 1. The smallest absolute Gasteiger partial charge is 0.312 e. The molecular weight excluding hydrogens is 504 g/mol. The van der Waals surface area contributed by atoms with E-state index >= 15 is 0 Å². The summed E-state index contributed by atoms with van der Waals surface area (Å²) in [7, 11) is 0. The molecule has 1 amide bonds. The van der Waals surface area contributed by atoms with Crippen LogP contribution in [0.1, 0.15) is 49.3 Å². The number of anilines is 1. The third-order valence-electron chi connectivity index (χ3n) is 8.66. The van der Waals surface area contributed by atoms with E-state index in [1.807, 2.05) is 79.7 Å². The van der Waals surface area contributed by atoms with Gasteiger partial charge in [0.05, 0.1) is 35.4 Å². The standard InChI is InChI=1S/C33H34N2O5/c1-5-40-30(37)29-28(23-12-8-6-9-13-23)33(22(3)34-35(31(33)38)25-14-10-7-11-15-25)27(26(20-36)32(29,4)39)24-18-16-21(2)17-19-24/h6-20,26-29,39H,5H2,1-4H3/t26-,27-,28+,29-,32-,33-/m1/s1. The average molecular weight is 539 g/mol. The lowest BCUT2D eigenvalue weighted by Crippen LogP contribution is -2.66. The number of rotatable bonds is 6. The van der Waals surface area contributed by atoms with E-state index in [1.165, 1.54) is 11.9 Å². The van der Waals surface area contributed by atoms with Crippen molar-refractivity contribution in [1.82, 2.24) is 0 Å². The molecule has 1 aliphatic heterocycles. The second-order valence-corrected chi connectivity index (χ2v) is 10.9. The molecule has 1 heterocycles. The highest BCUT2D eigenvalue weighted by Crippen LogP contribution is 2.65. The van der Waals surface area contributed by atoms with E-state index in [4.69, 9.17) is 9.84 Å². The van der Waals surface area contributed by atoms with E-state index < -0.39 is 40.7 Å². The first-order chi connectivity index (χ1) is 19.2. The van der Waals surface area contributed by atoms with Crippen molar-refractivity contribution in [3.8, 4) is 0 Å². The van der Waals surface area contributed by atoms with Gasteiger partial charge >= 0.3 is 5.97 Å². The van der Waals surface area contributed by atoms with Gasteiger partial charge in [-0.15, -0.1) is 0 Å². The first-order valence-corrected chi connectivity index (χ1v) is 13.6. The minimum Gasteiger partial charge on any atom is -0.466 e. The molecule has 6 atom stereocenters. The molecular formula is C33H34N2O5. The molecule has 0 bridgehead atoms. The summed E-state index contributed by atoms with van der Waals surface area (Å²) in [5, 5.41) is 18.4. The quantitative estimate of drug-likeness (QED) is 0.351. The Kier molecular flexibility index (Phi) is 7.19. The normalized spacial score (nSPS) is 29.8. The number of aldehydes is 1. The first kappa shape index (κ1) is 27.5. The zero-order valence-electron chi connectivity index (χ0n) is 23.2. The lowest BCUT2D eigenvalue weighted by atomic mass is 9.44. The molecule has 0 aromatic heterocycles. The maximum Gasteiger partial charge on any atom is 0.312 e. The molecule has 0 radical (unpaired) electrons. The summed E-state index contributed by atoms with van der Waals surface area (Å²) in [5.74, 6) is -5.05. The molecule has 0 unspecified atom stereocenters. The van der Waals surface area contributed by atoms with E-state index in [0.29, 0.717) is 28.8 Å². The van der Waals surface area contributed by atoms with Crippen molar-refractivity contribution in [3.05, 3.63) is 102 Å². The third-order valence-corrected chi connectivity index (χ3v) is 8.66. The third kappa shape index (κ3) is 4.07. The molecule has 7 heteroatoms. The summed E-state index contributed by atoms with van der Waals surface area (Å²) in [6, 6.07) is 26.0. The number of hydrogen-bond acceptors (Lipinski definition) is 6. The summed E-state index contributed by atoms with van der Waals surface area (Å²) >= 11 is 0. The largest absolute Gasteiger partial charge is 0.466 e. The van der Waals surface area contributed by atoms with Gasteiger partial charge in [-0.05, 0) is 51.0 Å². The maximum absolute atomic E-state index is 15.0. The molecule has 0 saturated heterocycles. The second-order valence-electron chi connectivity index (χ2n) is 10.9. The van der Waals surface area contributed by atoms with Crippen molar-refractivity contribution in [2.75, 3.05) is 11.6 Å². The van der Waals surface area contributed by atoms with Crippen molar-refractivity contribution < 1.29 is 24.2 Å². The number of ether oxygens (including phenoxy) is 1. The fourth-order valence-corrected chi connectivity index (χ4v) is 6.87. The number of hydrazone groups is 1. The number of aliphatic hydroxyl groups is 1. The van der Waals surface area contributed by atoms with Gasteiger partial charge < -0.3 is 14.6 Å². The summed E-state index contributed by atoms with van der Waals surface area (Å²) in [5.41, 5.74) is 0.141. The van der Waals surface area contributed by atoms with Gasteiger partial charge in [0.2, 0.25) is 0 Å². The van der Waals surface area contributed by atoms with Crippen LogP contribution in [0, 0.1) is 24.2 Å². The van der Waals surface area contributed by atoms with Crippen LogP contribution in [0.15, 0.2) is 90.0 Å². The Labute approximate surface area is 234 Å². The van der Waals surface area contributed by atoms with Crippen LogP contribution in [-0.2, 0) is 19.1 Å². The Hall–Kier alpha value is -4.10. The average Bonchev–Trinajstić information content (AvgIpc) is 3.21. The van der Waals surface area contributed by atoms with Crippen LogP contribution >= 0.6 is 0 Å². The molecule has 1 saturated carbocycles. The van der Waals surface area contributed by atoms with Gasteiger partial charge in [-0.25, -0.2) is 0 Å². The van der Waals surface area contributed by atoms with Gasteiger partial charge in [-0.3, -0.25) is 9.59 Å². The van der Waals surface area contributed by atoms with Crippen LogP contribution in [0.25, 0.3) is 0 Å². The topological polar surface area (TPSA) is 96.3 Å². The number of amides is 1. The molecule has 1 aliphatic carbocycles. The number of carbonyl (C=O) groups excluding carboxylic acids is 3. The Bertz CT molecular complexity index is 1430. The molecule has 40 heavy (non-hydrogen) atoms. The fraction of sp³-hybridized carbons (Fsp3) is 0.333. The lowest BCUT2D eigenvalue weighted by molar-refractivity contribution is -0.179. The molecule has 1 N–H and O–H groups in total. The number of carbonyl (C=O) groups is 3. The van der Waals surface area contributed by atoms with Crippen molar-refractivity contribution in [2.45, 2.75) is 45.1 Å². The molecule has 5 rings (SSSR count). The predicted octanol–water partition coefficient (Wildman–Crippen LogP) is 5.03. The Morgan fingerprint density at radius 1 is 0.950 bits per heavy atom. The highest BCUT2D eigenvalue weighted by atomic mass is 16.5. The monoisotopic (exact) mass is 538 g/mol. The number of esters is 1. The van der Waals surface area contributed by atoms with E-state index in [1.54, 1.807) is 26.0 Å². The molecule has 7 nitrogen and oxygen atoms in total. The van der Waals surface area contributed by atoms with Crippen LogP contribution in [0.4, 0.5) is 5.69 Å². The number of nitrogens with zero attached hydrogens (tertiary/aromatic N) is 2. The van der Waals surface area contributed by atoms with Crippen molar-refractivity contribution in [2.24, 2.45) is 22.4 Å². The lowest BCUT2D eigenvalue weighted by Gasteiger charge is -2.57. The minimum atomic E-state index is -1.84. The molecule has 1 fully saturated rings. The van der Waals surface area contributed by atoms with E-state index in [-0.39, 0.29) is 12.5 Å². The van der Waals surface area contributed by atoms with Crippen LogP contribution < -0.4 is 5.01 Å². The zero-order chi connectivity index (χ0) is 28.7. The highest BCUT2D eigenvalue weighted by Gasteiger charge is 2.72. The molecule has 206 valence electrons. The van der Waals surface area contributed by atoms with Crippen molar-refractivity contribution in [3.63, 3.8) is 0 Å². The highest BCUT2D eigenvalue weighted by molar-refractivity contribution is 6.21. The number of hydrogen-bond donors (Lipinski definition) is 1. The van der Waals surface area contributed by atoms with E-state index in [9.17, 15) is 19.5 Å². The van der Waals surface area contributed by atoms with Gasteiger partial charge in [0, 0.05) is 11.8 Å². The Morgan fingerprint density at radius 2 is 1.52 bits per heavy atom. The van der Waals surface area contributed by atoms with Crippen molar-refractivity contribution >= 4 is 29.6 Å². The predicted molar refractivity (Wildman–Crippen MR) is 153 cm³/mol. The molecule has 3 aromatic carbocycles. The first-order valence-electron chi connectivity index (χ1n) is 13.6. The number of para-hydroxylation sites is 1. The number of benzene rings is 3. The van der Waals surface area contributed by atoms with Gasteiger partial charge in [0.15, 0.2) is 0 Å². The van der Waals surface area contributed by atoms with Crippen molar-refractivity contribution in [1.29, 1.82) is 0 Å². The maximum atomic E-state index is 15.0. The SMILES string of the molecule is CCOC(=O)[C@H]1[C@H](c2ccccc2)[C@]2(C(=O)N(c3ccccc3)N=C2C)[C@H](c2ccc(C)cc2)[C@@H](C=O)[C@@]1(C)O. The van der Waals surface area contributed by atoms with E-state index in [0.717, 1.165) is 5.56 Å². The Balaban J connectivity index is 1.88. The van der Waals surface area contributed by atoms with Gasteiger partial charge in [0.1, 0.15) is 11.7 Å². The summed E-state index contributed by atoms with van der Waals surface area (Å²) in [4.78, 5) is 41.8. The van der Waals surface area contributed by atoms with Gasteiger partial charge in [-0.1, -0.05) is 78.4 Å². The molecule has 1 spiro atoms. The zero-order valence-corrected chi connectivity index (χ0v) is 23.2. The van der Waals surface area contributed by atoms with Crippen LogP contribution in [0.2, 0.25) is 0 Å². The molecule has 3 aromatic rings. The fourth-order valence-electron chi connectivity index (χ4n) is 6.87. The van der Waals surface area contributed by atoms with Gasteiger partial charge in [0.25, 0.3) is 5.91 Å². The molecule has 2 aliphatic rings. The second kappa shape index (κ2) is 10.5. The summed E-state index contributed by atoms with van der Waals surface area (Å²) in [6.07, 6.45) is 0.686. The summed E-state index contributed by atoms with van der Waals surface area (Å²) < 4.78 is 5.52. The van der Waals surface area contributed by atoms with Crippen LogP contribution in [0.5, 0.6) is 0 Å². The van der Waals surface area contributed by atoms with Crippen LogP contribution in [-0.4, -0.2) is 41.2 Å². The summed E-state index contributed by atoms with van der Waals surface area (Å²) in [6.45, 7) is 7.03. The van der Waals surface area contributed by atoms with Crippen LogP contribution in [0.3, 0.4) is 0 Å². The van der Waals surface area contributed by atoms with E-state index in [2.05, 4.69) is 0 Å². The van der Waals surface area contributed by atoms with Gasteiger partial charge in [-0.2, -0.15) is 10.1 Å². The minimum absolute atomic E-state index is 0.0875. The Morgan fingerprint density at radius 3 is 2.10 bits per heavy atom.